The maximum Gasteiger partial charge on any atom is 0.261 e. The summed E-state index contributed by atoms with van der Waals surface area (Å²) in [7, 11) is 3.36. The second-order valence-corrected chi connectivity index (χ2v) is 9.34. The van der Waals surface area contributed by atoms with E-state index in [1.54, 1.807) is 37.2 Å². The van der Waals surface area contributed by atoms with Gasteiger partial charge in [0.1, 0.15) is 22.3 Å². The van der Waals surface area contributed by atoms with Crippen molar-refractivity contribution in [2.45, 2.75) is 18.9 Å². The SMILES string of the molecule is COc1nnn(C)c1-c1cnc2c3ccc(Cl)nc3n(C(c3ccccc3F)C3CCOCC3)c2c1. The number of halogens is 2. The third kappa shape index (κ3) is 3.70. The van der Waals surface area contributed by atoms with E-state index in [1.165, 1.54) is 6.07 Å². The summed E-state index contributed by atoms with van der Waals surface area (Å²) in [6.07, 6.45) is 3.37. The summed E-state index contributed by atoms with van der Waals surface area (Å²) in [5.41, 5.74) is 4.33. The quantitative estimate of drug-likeness (QED) is 0.305. The van der Waals surface area contributed by atoms with Crippen LogP contribution >= 0.6 is 11.6 Å². The van der Waals surface area contributed by atoms with Crippen molar-refractivity contribution in [3.05, 3.63) is 65.2 Å². The summed E-state index contributed by atoms with van der Waals surface area (Å²) >= 11 is 6.38. The molecule has 10 heteroatoms. The molecule has 0 radical (unpaired) electrons. The van der Waals surface area contributed by atoms with Gasteiger partial charge in [-0.2, -0.15) is 0 Å². The van der Waals surface area contributed by atoms with E-state index >= 15 is 4.39 Å². The molecule has 1 fully saturated rings. The Labute approximate surface area is 211 Å². The second kappa shape index (κ2) is 9.15. The van der Waals surface area contributed by atoms with Gasteiger partial charge in [-0.3, -0.25) is 4.98 Å². The lowest BCUT2D eigenvalue weighted by Crippen LogP contribution is -2.27. The van der Waals surface area contributed by atoms with Crippen LogP contribution in [0.25, 0.3) is 33.3 Å². The Morgan fingerprint density at radius 2 is 1.97 bits per heavy atom. The minimum atomic E-state index is -0.329. The number of ether oxygens (including phenoxy) is 2. The van der Waals surface area contributed by atoms with E-state index in [-0.39, 0.29) is 17.8 Å². The van der Waals surface area contributed by atoms with E-state index in [4.69, 9.17) is 31.0 Å². The van der Waals surface area contributed by atoms with Crippen molar-refractivity contribution >= 4 is 33.7 Å². The Bertz CT molecular complexity index is 1580. The van der Waals surface area contributed by atoms with E-state index in [2.05, 4.69) is 14.9 Å². The molecule has 1 unspecified atom stereocenters. The predicted octanol–water partition coefficient (Wildman–Crippen LogP) is 5.20. The minimum absolute atomic E-state index is 0.131. The van der Waals surface area contributed by atoms with E-state index in [0.29, 0.717) is 41.2 Å². The molecule has 5 heterocycles. The van der Waals surface area contributed by atoms with Crippen molar-refractivity contribution in [2.75, 3.05) is 20.3 Å². The number of pyridine rings is 2. The van der Waals surface area contributed by atoms with Crippen LogP contribution in [0.5, 0.6) is 5.88 Å². The van der Waals surface area contributed by atoms with E-state index < -0.39 is 0 Å². The van der Waals surface area contributed by atoms with Crippen molar-refractivity contribution in [1.29, 1.82) is 0 Å². The Morgan fingerprint density at radius 1 is 1.17 bits per heavy atom. The number of benzene rings is 1. The van der Waals surface area contributed by atoms with Crippen molar-refractivity contribution in [2.24, 2.45) is 13.0 Å². The van der Waals surface area contributed by atoms with Gasteiger partial charge in [0.15, 0.2) is 0 Å². The second-order valence-electron chi connectivity index (χ2n) is 8.95. The summed E-state index contributed by atoms with van der Waals surface area (Å²) in [6.45, 7) is 1.25. The average Bonchev–Trinajstić information content (AvgIpc) is 3.42. The summed E-state index contributed by atoms with van der Waals surface area (Å²) < 4.78 is 30.2. The highest BCUT2D eigenvalue weighted by molar-refractivity contribution is 6.30. The summed E-state index contributed by atoms with van der Waals surface area (Å²) in [5, 5.41) is 9.42. The third-order valence-corrected chi connectivity index (χ3v) is 7.14. The molecule has 8 nitrogen and oxygen atoms in total. The Kier molecular flexibility index (Phi) is 5.81. The Morgan fingerprint density at radius 3 is 2.75 bits per heavy atom. The molecule has 1 aliphatic heterocycles. The number of aryl methyl sites for hydroxylation is 1. The maximum absolute atomic E-state index is 15.4. The van der Waals surface area contributed by atoms with E-state index in [9.17, 15) is 0 Å². The van der Waals surface area contributed by atoms with Crippen LogP contribution in [0.4, 0.5) is 4.39 Å². The molecular formula is C26H24ClFN6O2. The highest BCUT2D eigenvalue weighted by Gasteiger charge is 2.32. The molecule has 0 amide bonds. The molecule has 1 aromatic carbocycles. The monoisotopic (exact) mass is 506 g/mol. The molecule has 5 aromatic rings. The van der Waals surface area contributed by atoms with E-state index in [0.717, 1.165) is 34.8 Å². The number of hydrogen-bond donors (Lipinski definition) is 0. The van der Waals surface area contributed by atoms with Crippen molar-refractivity contribution in [3.63, 3.8) is 0 Å². The normalized spacial score (nSPS) is 15.6. The van der Waals surface area contributed by atoms with Crippen LogP contribution in [0.15, 0.2) is 48.7 Å². The summed E-state index contributed by atoms with van der Waals surface area (Å²) in [6, 6.07) is 12.3. The van der Waals surface area contributed by atoms with Gasteiger partial charge in [0.05, 0.1) is 24.2 Å². The molecule has 6 rings (SSSR count). The fourth-order valence-electron chi connectivity index (χ4n) is 5.30. The van der Waals surface area contributed by atoms with Crippen LogP contribution in [0.1, 0.15) is 24.4 Å². The molecule has 0 bridgehead atoms. The first-order valence-electron chi connectivity index (χ1n) is 11.8. The lowest BCUT2D eigenvalue weighted by atomic mass is 9.86. The molecule has 1 atom stereocenters. The van der Waals surface area contributed by atoms with Crippen LogP contribution in [-0.4, -0.2) is 49.9 Å². The van der Waals surface area contributed by atoms with Gasteiger partial charge in [0.2, 0.25) is 0 Å². The number of aromatic nitrogens is 6. The molecule has 4 aromatic heterocycles. The number of fused-ring (bicyclic) bond motifs is 3. The van der Waals surface area contributed by atoms with Crippen LogP contribution in [0.3, 0.4) is 0 Å². The van der Waals surface area contributed by atoms with Gasteiger partial charge in [0.25, 0.3) is 5.88 Å². The largest absolute Gasteiger partial charge is 0.478 e. The predicted molar refractivity (Wildman–Crippen MR) is 135 cm³/mol. The average molecular weight is 507 g/mol. The van der Waals surface area contributed by atoms with E-state index in [1.807, 2.05) is 24.3 Å². The first-order valence-corrected chi connectivity index (χ1v) is 12.2. The van der Waals surface area contributed by atoms with Crippen LogP contribution in [-0.2, 0) is 11.8 Å². The molecule has 184 valence electrons. The van der Waals surface area contributed by atoms with Gasteiger partial charge in [0, 0.05) is 43.0 Å². The molecule has 0 N–H and O–H groups in total. The summed E-state index contributed by atoms with van der Waals surface area (Å²) in [5.74, 6) is 0.275. The van der Waals surface area contributed by atoms with Gasteiger partial charge in [-0.05, 0) is 43.0 Å². The van der Waals surface area contributed by atoms with Crippen LogP contribution in [0, 0.1) is 11.7 Å². The smallest absolute Gasteiger partial charge is 0.261 e. The zero-order valence-electron chi connectivity index (χ0n) is 19.9. The van der Waals surface area contributed by atoms with Gasteiger partial charge in [-0.1, -0.05) is 40.1 Å². The van der Waals surface area contributed by atoms with Crippen LogP contribution < -0.4 is 4.74 Å². The highest BCUT2D eigenvalue weighted by atomic mass is 35.5. The fraction of sp³-hybridized carbons (Fsp3) is 0.308. The number of nitrogens with zero attached hydrogens (tertiary/aromatic N) is 6. The number of rotatable bonds is 5. The summed E-state index contributed by atoms with van der Waals surface area (Å²) in [4.78, 5) is 9.54. The van der Waals surface area contributed by atoms with Crippen molar-refractivity contribution < 1.29 is 13.9 Å². The Balaban J connectivity index is 1.68. The van der Waals surface area contributed by atoms with Gasteiger partial charge in [-0.25, -0.2) is 14.1 Å². The lowest BCUT2D eigenvalue weighted by molar-refractivity contribution is 0.0548. The fourth-order valence-corrected chi connectivity index (χ4v) is 5.44. The topological polar surface area (TPSA) is 79.9 Å². The van der Waals surface area contributed by atoms with Crippen LogP contribution in [0.2, 0.25) is 5.15 Å². The number of hydrogen-bond acceptors (Lipinski definition) is 6. The highest BCUT2D eigenvalue weighted by Crippen LogP contribution is 2.42. The maximum atomic E-state index is 15.4. The molecule has 0 aliphatic carbocycles. The first-order chi connectivity index (χ1) is 17.6. The third-order valence-electron chi connectivity index (χ3n) is 6.93. The van der Waals surface area contributed by atoms with Crippen molar-refractivity contribution in [3.8, 4) is 17.1 Å². The standard InChI is InChI=1S/C26H24ClFN6O2/c1-33-24(26(35-2)31-32-33)16-13-20-22(29-14-16)18-7-8-21(27)30-25(18)34(20)23(15-9-11-36-12-10-15)17-5-3-4-6-19(17)28/h3-8,13-15,23H,9-12H2,1-2H3. The molecule has 1 saturated heterocycles. The molecule has 0 spiro atoms. The molecule has 1 aliphatic rings. The van der Waals surface area contributed by atoms with Crippen molar-refractivity contribution in [1.82, 2.24) is 29.5 Å². The van der Waals surface area contributed by atoms with Gasteiger partial charge >= 0.3 is 0 Å². The van der Waals surface area contributed by atoms with Gasteiger partial charge in [-0.15, -0.1) is 0 Å². The zero-order valence-corrected chi connectivity index (χ0v) is 20.6. The molecular weight excluding hydrogens is 483 g/mol. The molecule has 36 heavy (non-hydrogen) atoms. The zero-order chi connectivity index (χ0) is 24.8. The minimum Gasteiger partial charge on any atom is -0.478 e. The van der Waals surface area contributed by atoms with Gasteiger partial charge < -0.3 is 14.0 Å². The number of methoxy groups -OCH3 is 1. The molecule has 0 saturated carbocycles. The Hall–Kier alpha value is -3.56. The lowest BCUT2D eigenvalue weighted by Gasteiger charge is -2.33. The first kappa shape index (κ1) is 22.9.